The van der Waals surface area contributed by atoms with Gasteiger partial charge in [-0.15, -0.1) is 0 Å². The number of non-ortho nitro benzene ring substituents is 1. The predicted molar refractivity (Wildman–Crippen MR) is 122 cm³/mol. The van der Waals surface area contributed by atoms with Crippen molar-refractivity contribution in [2.75, 3.05) is 17.2 Å². The van der Waals surface area contributed by atoms with Crippen molar-refractivity contribution >= 4 is 34.2 Å². The summed E-state index contributed by atoms with van der Waals surface area (Å²) >= 11 is 0. The van der Waals surface area contributed by atoms with E-state index in [1.807, 2.05) is 54.6 Å². The molecule has 1 heterocycles. The Balaban J connectivity index is 1.80. The first-order valence-corrected chi connectivity index (χ1v) is 10.0. The molecule has 0 aliphatic carbocycles. The highest BCUT2D eigenvalue weighted by Gasteiger charge is 2.30. The van der Waals surface area contributed by atoms with Gasteiger partial charge in [0.05, 0.1) is 16.2 Å². The number of amides is 1. The summed E-state index contributed by atoms with van der Waals surface area (Å²) < 4.78 is 0. The Morgan fingerprint density at radius 3 is 2.45 bits per heavy atom. The maximum absolute atomic E-state index is 12.9. The Morgan fingerprint density at radius 2 is 1.77 bits per heavy atom. The van der Waals surface area contributed by atoms with Gasteiger partial charge in [-0.1, -0.05) is 49.4 Å². The Labute approximate surface area is 180 Å². The van der Waals surface area contributed by atoms with Crippen LogP contribution in [-0.4, -0.2) is 17.4 Å². The second-order valence-electron chi connectivity index (χ2n) is 7.16. The van der Waals surface area contributed by atoms with Crippen molar-refractivity contribution < 1.29 is 9.72 Å². The van der Waals surface area contributed by atoms with E-state index in [-0.39, 0.29) is 11.6 Å². The van der Waals surface area contributed by atoms with Gasteiger partial charge in [0.2, 0.25) is 0 Å². The lowest BCUT2D eigenvalue weighted by atomic mass is 9.99. The largest absolute Gasteiger partial charge is 0.354 e. The third-order valence-electron chi connectivity index (χ3n) is 5.07. The summed E-state index contributed by atoms with van der Waals surface area (Å²) in [6.07, 6.45) is 0. The van der Waals surface area contributed by atoms with Crippen LogP contribution in [0.15, 0.2) is 72.8 Å². The smallest absolute Gasteiger partial charge is 0.270 e. The fraction of sp³-hybridized carbons (Fsp3) is 0.125. The van der Waals surface area contributed by atoms with E-state index in [0.717, 1.165) is 29.9 Å². The highest BCUT2D eigenvalue weighted by atomic mass is 16.6. The number of nitro benzene ring substituents is 1. The van der Waals surface area contributed by atoms with E-state index in [1.165, 1.54) is 12.1 Å². The summed E-state index contributed by atoms with van der Waals surface area (Å²) in [7, 11) is 0. The molecule has 31 heavy (non-hydrogen) atoms. The van der Waals surface area contributed by atoms with Crippen molar-refractivity contribution in [2.24, 2.45) is 0 Å². The minimum Gasteiger partial charge on any atom is -0.354 e. The average Bonchev–Trinajstić information content (AvgIpc) is 3.12. The van der Waals surface area contributed by atoms with E-state index in [4.69, 9.17) is 0 Å². The van der Waals surface area contributed by atoms with Gasteiger partial charge in [-0.2, -0.15) is 0 Å². The first kappa shape index (κ1) is 20.3. The molecule has 3 aromatic rings. The lowest BCUT2D eigenvalue weighted by Crippen LogP contribution is -2.12. The molecule has 3 aromatic carbocycles. The minimum absolute atomic E-state index is 0.0621. The zero-order valence-electron chi connectivity index (χ0n) is 17.0. The van der Waals surface area contributed by atoms with Crippen LogP contribution in [0.5, 0.6) is 0 Å². The molecule has 1 amide bonds. The molecule has 0 saturated carbocycles. The molecule has 1 aliphatic heterocycles. The van der Waals surface area contributed by atoms with Crippen LogP contribution in [0.3, 0.4) is 0 Å². The average molecular weight is 414 g/mol. The molecule has 0 bridgehead atoms. The third-order valence-corrected chi connectivity index (χ3v) is 5.07. The fourth-order valence-corrected chi connectivity index (χ4v) is 3.52. The van der Waals surface area contributed by atoms with Gasteiger partial charge < -0.3 is 16.0 Å². The standard InChI is InChI=1S/C24H22N4O3/c1-2-25-15-16-8-10-18(11-9-16)26-23(17-6-4-3-5-7-17)22-20-14-19(28(30)31)12-13-21(20)27-24(22)29/h3-14,25-26H,2,15H2,1H3,(H,27,29). The molecule has 0 saturated heterocycles. The molecular formula is C24H22N4O3. The normalized spacial score (nSPS) is 14.0. The lowest BCUT2D eigenvalue weighted by Gasteiger charge is -2.15. The van der Waals surface area contributed by atoms with Crippen molar-refractivity contribution in [3.63, 3.8) is 0 Å². The SMILES string of the molecule is CCNCc1ccc(NC(=C2C(=O)Nc3ccc([N+](=O)[O-])cc32)c2ccccc2)cc1. The highest BCUT2D eigenvalue weighted by molar-refractivity contribution is 6.37. The quantitative estimate of drug-likeness (QED) is 0.297. The molecular weight excluding hydrogens is 392 g/mol. The van der Waals surface area contributed by atoms with Crippen LogP contribution in [0.2, 0.25) is 0 Å². The molecule has 7 heteroatoms. The van der Waals surface area contributed by atoms with Crippen molar-refractivity contribution in [1.82, 2.24) is 5.32 Å². The van der Waals surface area contributed by atoms with Gasteiger partial charge in [0.25, 0.3) is 11.6 Å². The lowest BCUT2D eigenvalue weighted by molar-refractivity contribution is -0.384. The number of carbonyl (C=O) groups excluding carboxylic acids is 1. The Hall–Kier alpha value is -3.97. The van der Waals surface area contributed by atoms with Crippen LogP contribution in [0.1, 0.15) is 23.6 Å². The van der Waals surface area contributed by atoms with Gasteiger partial charge in [0.15, 0.2) is 0 Å². The molecule has 1 aliphatic rings. The van der Waals surface area contributed by atoms with E-state index in [2.05, 4.69) is 22.9 Å². The Morgan fingerprint density at radius 1 is 1.03 bits per heavy atom. The van der Waals surface area contributed by atoms with Gasteiger partial charge >= 0.3 is 0 Å². The summed E-state index contributed by atoms with van der Waals surface area (Å²) in [5.41, 5.74) is 4.75. The zero-order valence-corrected chi connectivity index (χ0v) is 17.0. The topological polar surface area (TPSA) is 96.3 Å². The van der Waals surface area contributed by atoms with Crippen molar-refractivity contribution in [2.45, 2.75) is 13.5 Å². The number of benzene rings is 3. The molecule has 0 spiro atoms. The number of fused-ring (bicyclic) bond motifs is 1. The summed E-state index contributed by atoms with van der Waals surface area (Å²) in [5.74, 6) is -0.300. The minimum atomic E-state index is -0.459. The Kier molecular flexibility index (Phi) is 5.77. The molecule has 3 N–H and O–H groups in total. The van der Waals surface area contributed by atoms with Gasteiger partial charge in [-0.05, 0) is 35.9 Å². The molecule has 4 rings (SSSR count). The molecule has 0 aromatic heterocycles. The third kappa shape index (κ3) is 4.31. The molecule has 156 valence electrons. The van der Waals surface area contributed by atoms with E-state index < -0.39 is 4.92 Å². The van der Waals surface area contributed by atoms with E-state index in [0.29, 0.717) is 22.5 Å². The van der Waals surface area contributed by atoms with Crippen molar-refractivity contribution in [3.05, 3.63) is 99.6 Å². The van der Waals surface area contributed by atoms with Crippen LogP contribution >= 0.6 is 0 Å². The Bertz CT molecular complexity index is 1160. The fourth-order valence-electron chi connectivity index (χ4n) is 3.52. The first-order chi connectivity index (χ1) is 15.1. The highest BCUT2D eigenvalue weighted by Crippen LogP contribution is 2.39. The van der Waals surface area contributed by atoms with Crippen molar-refractivity contribution in [3.8, 4) is 0 Å². The number of nitrogens with one attached hydrogen (secondary N) is 3. The van der Waals surface area contributed by atoms with Crippen LogP contribution in [-0.2, 0) is 11.3 Å². The van der Waals surface area contributed by atoms with Gasteiger partial charge in [0.1, 0.15) is 0 Å². The van der Waals surface area contributed by atoms with Crippen LogP contribution in [0.4, 0.5) is 17.1 Å². The van der Waals surface area contributed by atoms with E-state index >= 15 is 0 Å². The number of rotatable bonds is 7. The number of nitrogens with zero attached hydrogens (tertiary/aromatic N) is 1. The predicted octanol–water partition coefficient (Wildman–Crippen LogP) is 4.64. The molecule has 0 unspecified atom stereocenters. The molecule has 7 nitrogen and oxygen atoms in total. The van der Waals surface area contributed by atoms with E-state index in [9.17, 15) is 14.9 Å². The van der Waals surface area contributed by atoms with E-state index in [1.54, 1.807) is 6.07 Å². The van der Waals surface area contributed by atoms with Gasteiger partial charge in [-0.25, -0.2) is 0 Å². The van der Waals surface area contributed by atoms with Crippen molar-refractivity contribution in [1.29, 1.82) is 0 Å². The van der Waals surface area contributed by atoms with Gasteiger partial charge in [0, 0.05) is 35.6 Å². The second-order valence-corrected chi connectivity index (χ2v) is 7.16. The van der Waals surface area contributed by atoms with Crippen LogP contribution < -0.4 is 16.0 Å². The van der Waals surface area contributed by atoms with Gasteiger partial charge in [-0.3, -0.25) is 14.9 Å². The number of hydrogen-bond donors (Lipinski definition) is 3. The second kappa shape index (κ2) is 8.81. The van der Waals surface area contributed by atoms with Crippen LogP contribution in [0, 0.1) is 10.1 Å². The molecule has 0 fully saturated rings. The number of nitro groups is 1. The number of carbonyl (C=O) groups is 1. The summed E-state index contributed by atoms with van der Waals surface area (Å²) in [5, 5.41) is 20.8. The summed E-state index contributed by atoms with van der Waals surface area (Å²) in [6.45, 7) is 3.73. The molecule has 0 radical (unpaired) electrons. The summed E-state index contributed by atoms with van der Waals surface area (Å²) in [6, 6.07) is 21.8. The summed E-state index contributed by atoms with van der Waals surface area (Å²) in [4.78, 5) is 23.7. The maximum atomic E-state index is 12.9. The number of hydrogen-bond acceptors (Lipinski definition) is 5. The van der Waals surface area contributed by atoms with Crippen LogP contribution in [0.25, 0.3) is 11.3 Å². The number of anilines is 2. The first-order valence-electron chi connectivity index (χ1n) is 10.0. The molecule has 0 atom stereocenters. The monoisotopic (exact) mass is 414 g/mol. The maximum Gasteiger partial charge on any atom is 0.270 e. The zero-order chi connectivity index (χ0) is 21.8.